The molecular weight excluding hydrogens is 362 g/mol. The van der Waals surface area contributed by atoms with E-state index in [0.29, 0.717) is 22.0 Å². The lowest BCUT2D eigenvalue weighted by Crippen LogP contribution is -2.03. The SMILES string of the molecule is C/C(=N/Nc1nc(-c2cc3ccccc3oc2=O)cs1)c1ccc(O)cc1. The molecule has 0 atom stereocenters. The third kappa shape index (κ3) is 3.58. The van der Waals surface area contributed by atoms with E-state index in [-0.39, 0.29) is 5.75 Å². The third-order valence-corrected chi connectivity index (χ3v) is 4.77. The van der Waals surface area contributed by atoms with Crippen LogP contribution in [-0.4, -0.2) is 15.8 Å². The van der Waals surface area contributed by atoms with E-state index in [1.165, 1.54) is 11.3 Å². The largest absolute Gasteiger partial charge is 0.508 e. The first-order valence-corrected chi connectivity index (χ1v) is 9.06. The highest BCUT2D eigenvalue weighted by Gasteiger charge is 2.11. The van der Waals surface area contributed by atoms with Crippen molar-refractivity contribution in [2.45, 2.75) is 6.92 Å². The number of fused-ring (bicyclic) bond motifs is 1. The van der Waals surface area contributed by atoms with E-state index in [1.807, 2.05) is 25.1 Å². The van der Waals surface area contributed by atoms with E-state index in [4.69, 9.17) is 4.42 Å². The van der Waals surface area contributed by atoms with Gasteiger partial charge in [0.25, 0.3) is 0 Å². The number of aromatic nitrogens is 1. The number of aromatic hydroxyl groups is 1. The average molecular weight is 377 g/mol. The summed E-state index contributed by atoms with van der Waals surface area (Å²) in [6, 6.07) is 15.9. The van der Waals surface area contributed by atoms with Crippen LogP contribution in [0, 0.1) is 0 Å². The summed E-state index contributed by atoms with van der Waals surface area (Å²) in [5.74, 6) is 0.207. The number of phenolic OH excluding ortho intramolecular Hbond substituents is 1. The first-order valence-electron chi connectivity index (χ1n) is 8.18. The fourth-order valence-electron chi connectivity index (χ4n) is 2.59. The molecule has 2 aromatic heterocycles. The Bertz CT molecular complexity index is 1190. The normalized spacial score (nSPS) is 11.7. The molecule has 134 valence electrons. The van der Waals surface area contributed by atoms with Gasteiger partial charge in [0, 0.05) is 10.8 Å². The Morgan fingerprint density at radius 1 is 1.19 bits per heavy atom. The predicted molar refractivity (Wildman–Crippen MR) is 108 cm³/mol. The van der Waals surface area contributed by atoms with Gasteiger partial charge < -0.3 is 9.52 Å². The molecule has 0 saturated carbocycles. The van der Waals surface area contributed by atoms with Crippen LogP contribution in [0.15, 0.2) is 74.3 Å². The molecule has 0 aliphatic rings. The van der Waals surface area contributed by atoms with Crippen molar-refractivity contribution >= 4 is 33.1 Å². The van der Waals surface area contributed by atoms with Crippen molar-refractivity contribution in [3.05, 3.63) is 76.0 Å². The zero-order valence-corrected chi connectivity index (χ0v) is 15.2. The summed E-state index contributed by atoms with van der Waals surface area (Å²) >= 11 is 1.35. The topological polar surface area (TPSA) is 87.7 Å². The first kappa shape index (κ1) is 17.0. The Labute approximate surface area is 158 Å². The van der Waals surface area contributed by atoms with Gasteiger partial charge in [-0.05, 0) is 48.9 Å². The van der Waals surface area contributed by atoms with Crippen molar-refractivity contribution < 1.29 is 9.52 Å². The van der Waals surface area contributed by atoms with Gasteiger partial charge in [-0.25, -0.2) is 9.78 Å². The minimum absolute atomic E-state index is 0.207. The van der Waals surface area contributed by atoms with E-state index in [9.17, 15) is 9.90 Å². The number of anilines is 1. The molecule has 27 heavy (non-hydrogen) atoms. The highest BCUT2D eigenvalue weighted by molar-refractivity contribution is 7.14. The van der Waals surface area contributed by atoms with Crippen LogP contribution in [0.25, 0.3) is 22.2 Å². The Kier molecular flexibility index (Phi) is 4.43. The Hall–Kier alpha value is -3.45. The van der Waals surface area contributed by atoms with E-state index in [1.54, 1.807) is 41.8 Å². The molecule has 4 aromatic rings. The second kappa shape index (κ2) is 7.05. The predicted octanol–water partition coefficient (Wildman–Crippen LogP) is 4.46. The molecule has 2 N–H and O–H groups in total. The molecule has 0 spiro atoms. The molecule has 6 nitrogen and oxygen atoms in total. The van der Waals surface area contributed by atoms with Gasteiger partial charge in [-0.3, -0.25) is 5.43 Å². The molecule has 0 saturated heterocycles. The number of nitrogens with zero attached hydrogens (tertiary/aromatic N) is 2. The zero-order valence-electron chi connectivity index (χ0n) is 14.3. The molecule has 0 fully saturated rings. The van der Waals surface area contributed by atoms with Crippen LogP contribution in [0.3, 0.4) is 0 Å². The zero-order chi connectivity index (χ0) is 18.8. The van der Waals surface area contributed by atoms with E-state index in [0.717, 1.165) is 16.7 Å². The minimum atomic E-state index is -0.422. The van der Waals surface area contributed by atoms with Crippen LogP contribution < -0.4 is 11.1 Å². The van der Waals surface area contributed by atoms with E-state index < -0.39 is 5.63 Å². The molecule has 4 rings (SSSR count). The quantitative estimate of drug-likeness (QED) is 0.311. The number of nitrogens with one attached hydrogen (secondary N) is 1. The molecule has 0 aliphatic carbocycles. The minimum Gasteiger partial charge on any atom is -0.508 e. The van der Waals surface area contributed by atoms with Gasteiger partial charge in [-0.2, -0.15) is 5.10 Å². The summed E-state index contributed by atoms with van der Waals surface area (Å²) in [5.41, 5.74) is 5.62. The fraction of sp³-hybridized carbons (Fsp3) is 0.0500. The number of rotatable bonds is 4. The summed E-state index contributed by atoms with van der Waals surface area (Å²) in [6.45, 7) is 1.85. The van der Waals surface area contributed by atoms with E-state index in [2.05, 4.69) is 15.5 Å². The number of hydrogen-bond acceptors (Lipinski definition) is 7. The molecule has 0 unspecified atom stereocenters. The number of para-hydroxylation sites is 1. The van der Waals surface area contributed by atoms with E-state index >= 15 is 0 Å². The second-order valence-electron chi connectivity index (χ2n) is 5.88. The molecular formula is C20H15N3O3S. The van der Waals surface area contributed by atoms with Crippen LogP contribution >= 0.6 is 11.3 Å². The summed E-state index contributed by atoms with van der Waals surface area (Å²) in [4.78, 5) is 16.7. The fourth-order valence-corrected chi connectivity index (χ4v) is 3.24. The van der Waals surface area contributed by atoms with Crippen molar-refractivity contribution in [3.63, 3.8) is 0 Å². The number of hydrazone groups is 1. The van der Waals surface area contributed by atoms with Crippen molar-refractivity contribution in [3.8, 4) is 17.0 Å². The van der Waals surface area contributed by atoms with Gasteiger partial charge in [0.2, 0.25) is 5.13 Å². The van der Waals surface area contributed by atoms with Crippen LogP contribution in [0.5, 0.6) is 5.75 Å². The number of benzene rings is 2. The Balaban J connectivity index is 1.58. The van der Waals surface area contributed by atoms with Gasteiger partial charge in [0.15, 0.2) is 0 Å². The molecule has 0 bridgehead atoms. The van der Waals surface area contributed by atoms with Crippen LogP contribution in [0.2, 0.25) is 0 Å². The maximum absolute atomic E-state index is 12.3. The van der Waals surface area contributed by atoms with Crippen molar-refractivity contribution in [1.29, 1.82) is 0 Å². The van der Waals surface area contributed by atoms with Crippen molar-refractivity contribution in [2.24, 2.45) is 5.10 Å². The highest BCUT2D eigenvalue weighted by Crippen LogP contribution is 2.25. The van der Waals surface area contributed by atoms with Gasteiger partial charge in [-0.1, -0.05) is 18.2 Å². The standard InChI is InChI=1S/C20H15N3O3S/c1-12(13-6-8-15(24)9-7-13)22-23-20-21-17(11-27-20)16-10-14-4-2-3-5-18(14)26-19(16)25/h2-11,24H,1H3,(H,21,23)/b22-12-. The lowest BCUT2D eigenvalue weighted by Gasteiger charge is -2.01. The number of hydrogen-bond donors (Lipinski definition) is 2. The van der Waals surface area contributed by atoms with Gasteiger partial charge >= 0.3 is 5.63 Å². The first-order chi connectivity index (χ1) is 13.1. The maximum atomic E-state index is 12.3. The van der Waals surface area contributed by atoms with Crippen LogP contribution in [0.4, 0.5) is 5.13 Å². The number of phenols is 1. The molecule has 7 heteroatoms. The molecule has 2 heterocycles. The Morgan fingerprint density at radius 3 is 2.78 bits per heavy atom. The Morgan fingerprint density at radius 2 is 1.96 bits per heavy atom. The van der Waals surface area contributed by atoms with Crippen LogP contribution in [0.1, 0.15) is 12.5 Å². The van der Waals surface area contributed by atoms with Gasteiger partial charge in [0.1, 0.15) is 11.3 Å². The molecule has 2 aromatic carbocycles. The average Bonchev–Trinajstić information content (AvgIpc) is 3.15. The summed E-state index contributed by atoms with van der Waals surface area (Å²) in [7, 11) is 0. The summed E-state index contributed by atoms with van der Waals surface area (Å²) < 4.78 is 5.36. The summed E-state index contributed by atoms with van der Waals surface area (Å²) in [5, 5.41) is 16.8. The molecule has 0 radical (unpaired) electrons. The lowest BCUT2D eigenvalue weighted by atomic mass is 10.1. The summed E-state index contributed by atoms with van der Waals surface area (Å²) in [6.07, 6.45) is 0. The van der Waals surface area contributed by atoms with Crippen molar-refractivity contribution in [2.75, 3.05) is 5.43 Å². The smallest absolute Gasteiger partial charge is 0.345 e. The second-order valence-corrected chi connectivity index (χ2v) is 6.74. The van der Waals surface area contributed by atoms with Gasteiger partial charge in [0.05, 0.1) is 17.0 Å². The van der Waals surface area contributed by atoms with Crippen LogP contribution in [-0.2, 0) is 0 Å². The molecule has 0 aliphatic heterocycles. The van der Waals surface area contributed by atoms with Crippen molar-refractivity contribution in [1.82, 2.24) is 4.98 Å². The monoisotopic (exact) mass is 377 g/mol. The third-order valence-electron chi connectivity index (χ3n) is 4.03. The maximum Gasteiger partial charge on any atom is 0.345 e. The molecule has 0 amide bonds. The van der Waals surface area contributed by atoms with Gasteiger partial charge in [-0.15, -0.1) is 11.3 Å². The highest BCUT2D eigenvalue weighted by atomic mass is 32.1. The number of thiazole rings is 1. The lowest BCUT2D eigenvalue weighted by molar-refractivity contribution is 0.475.